The topological polar surface area (TPSA) is 33.3 Å². The largest absolute Gasteiger partial charge is 0.383 e. The Morgan fingerprint density at radius 3 is 2.82 bits per heavy atom. The summed E-state index contributed by atoms with van der Waals surface area (Å²) in [4.78, 5) is 1.33. The predicted octanol–water partition coefficient (Wildman–Crippen LogP) is 2.99. The highest BCUT2D eigenvalue weighted by Crippen LogP contribution is 2.32. The van der Waals surface area contributed by atoms with Gasteiger partial charge in [-0.25, -0.2) is 0 Å². The van der Waals surface area contributed by atoms with Crippen molar-refractivity contribution >= 4 is 43.2 Å². The van der Waals surface area contributed by atoms with Crippen LogP contribution in [-0.2, 0) is 11.3 Å². The highest BCUT2D eigenvalue weighted by atomic mass is 79.9. The van der Waals surface area contributed by atoms with E-state index in [-0.39, 0.29) is 0 Å². The number of ether oxygens (including phenoxy) is 1. The summed E-state index contributed by atoms with van der Waals surface area (Å²) in [6.45, 7) is 5.70. The minimum absolute atomic E-state index is 0.450. The van der Waals surface area contributed by atoms with Gasteiger partial charge in [-0.3, -0.25) is 0 Å². The maximum atomic E-state index is 4.98. The summed E-state index contributed by atoms with van der Waals surface area (Å²) < 4.78 is 7.26. The molecule has 1 atom stereocenters. The third kappa shape index (κ3) is 6.31. The molecule has 1 aromatic rings. The van der Waals surface area contributed by atoms with Gasteiger partial charge in [0.1, 0.15) is 0 Å². The normalized spacial score (nSPS) is 12.9. The molecule has 0 aromatic carbocycles. The average molecular weight is 386 g/mol. The second kappa shape index (κ2) is 8.61. The SMILES string of the molecule is COCCNCC(C)NCc1cc(Br)c(Br)s1. The van der Waals surface area contributed by atoms with E-state index in [2.05, 4.69) is 55.5 Å². The van der Waals surface area contributed by atoms with Crippen LogP contribution in [0.5, 0.6) is 0 Å². The highest BCUT2D eigenvalue weighted by Gasteiger charge is 2.05. The fourth-order valence-electron chi connectivity index (χ4n) is 1.32. The van der Waals surface area contributed by atoms with Gasteiger partial charge in [0.15, 0.2) is 0 Å². The molecule has 0 aliphatic rings. The maximum absolute atomic E-state index is 4.98. The summed E-state index contributed by atoms with van der Waals surface area (Å²) in [5, 5.41) is 6.82. The lowest BCUT2D eigenvalue weighted by molar-refractivity contribution is 0.198. The minimum Gasteiger partial charge on any atom is -0.383 e. The van der Waals surface area contributed by atoms with E-state index < -0.39 is 0 Å². The molecule has 0 radical (unpaired) electrons. The molecule has 2 N–H and O–H groups in total. The number of methoxy groups -OCH3 is 1. The molecule has 0 amide bonds. The van der Waals surface area contributed by atoms with Crippen molar-refractivity contribution in [3.05, 3.63) is 19.2 Å². The first-order valence-corrected chi connectivity index (χ1v) is 7.90. The van der Waals surface area contributed by atoms with Crippen LogP contribution in [0.15, 0.2) is 14.3 Å². The van der Waals surface area contributed by atoms with Crippen molar-refractivity contribution in [1.82, 2.24) is 10.6 Å². The van der Waals surface area contributed by atoms with Gasteiger partial charge in [0.2, 0.25) is 0 Å². The van der Waals surface area contributed by atoms with Gasteiger partial charge in [0, 0.05) is 42.1 Å². The van der Waals surface area contributed by atoms with Gasteiger partial charge in [0.25, 0.3) is 0 Å². The monoisotopic (exact) mass is 384 g/mol. The van der Waals surface area contributed by atoms with Gasteiger partial charge in [-0.1, -0.05) is 0 Å². The summed E-state index contributed by atoms with van der Waals surface area (Å²) in [5.41, 5.74) is 0. The first kappa shape index (κ1) is 15.6. The lowest BCUT2D eigenvalue weighted by atomic mass is 10.3. The van der Waals surface area contributed by atoms with Crippen LogP contribution in [0.1, 0.15) is 11.8 Å². The van der Waals surface area contributed by atoms with E-state index in [1.807, 2.05) is 0 Å². The van der Waals surface area contributed by atoms with Gasteiger partial charge in [-0.2, -0.15) is 0 Å². The van der Waals surface area contributed by atoms with Crippen LogP contribution in [0.4, 0.5) is 0 Å². The number of halogens is 2. The van der Waals surface area contributed by atoms with Crippen LogP contribution < -0.4 is 10.6 Å². The summed E-state index contributed by atoms with van der Waals surface area (Å²) in [6.07, 6.45) is 0. The molecule has 3 nitrogen and oxygen atoms in total. The minimum atomic E-state index is 0.450. The lowest BCUT2D eigenvalue weighted by Gasteiger charge is -2.13. The van der Waals surface area contributed by atoms with Gasteiger partial charge in [-0.05, 0) is 44.8 Å². The van der Waals surface area contributed by atoms with Crippen molar-refractivity contribution in [1.29, 1.82) is 0 Å². The molecule has 98 valence electrons. The summed E-state index contributed by atoms with van der Waals surface area (Å²) in [6, 6.07) is 2.60. The van der Waals surface area contributed by atoms with Crippen LogP contribution in [0.25, 0.3) is 0 Å². The molecule has 6 heteroatoms. The molecule has 0 spiro atoms. The predicted molar refractivity (Wildman–Crippen MR) is 80.8 cm³/mol. The maximum Gasteiger partial charge on any atom is 0.0843 e. The lowest BCUT2D eigenvalue weighted by Crippen LogP contribution is -2.36. The Hall–Kier alpha value is 0.540. The number of hydrogen-bond donors (Lipinski definition) is 2. The number of rotatable bonds is 8. The van der Waals surface area contributed by atoms with Crippen molar-refractivity contribution < 1.29 is 4.74 Å². The molecule has 1 heterocycles. The van der Waals surface area contributed by atoms with Gasteiger partial charge in [0.05, 0.1) is 10.4 Å². The molecule has 17 heavy (non-hydrogen) atoms. The van der Waals surface area contributed by atoms with E-state index in [4.69, 9.17) is 4.74 Å². The van der Waals surface area contributed by atoms with Gasteiger partial charge >= 0.3 is 0 Å². The molecule has 0 aliphatic carbocycles. The zero-order valence-electron chi connectivity index (χ0n) is 10.1. The van der Waals surface area contributed by atoms with Crippen molar-refractivity contribution in [3.63, 3.8) is 0 Å². The van der Waals surface area contributed by atoms with Gasteiger partial charge < -0.3 is 15.4 Å². The Bertz CT molecular complexity index is 314. The molecular weight excluding hydrogens is 368 g/mol. The fraction of sp³-hybridized carbons (Fsp3) is 0.636. The Balaban J connectivity index is 2.17. The van der Waals surface area contributed by atoms with E-state index in [1.54, 1.807) is 18.4 Å². The zero-order valence-corrected chi connectivity index (χ0v) is 14.0. The van der Waals surface area contributed by atoms with E-state index in [1.165, 1.54) is 4.88 Å². The standard InChI is InChI=1S/C11H18Br2N2OS/c1-8(6-14-3-4-16-2)15-7-9-5-10(12)11(13)17-9/h5,8,14-15H,3-4,6-7H2,1-2H3. The molecule has 1 aromatic heterocycles. The summed E-state index contributed by atoms with van der Waals surface area (Å²) in [7, 11) is 1.72. The third-order valence-electron chi connectivity index (χ3n) is 2.25. The van der Waals surface area contributed by atoms with Crippen molar-refractivity contribution in [2.45, 2.75) is 19.5 Å². The van der Waals surface area contributed by atoms with Crippen molar-refractivity contribution in [2.24, 2.45) is 0 Å². The summed E-state index contributed by atoms with van der Waals surface area (Å²) in [5.74, 6) is 0. The number of hydrogen-bond acceptors (Lipinski definition) is 4. The number of nitrogens with one attached hydrogen (secondary N) is 2. The van der Waals surface area contributed by atoms with Crippen LogP contribution in [0.2, 0.25) is 0 Å². The molecule has 0 bridgehead atoms. The molecule has 0 saturated carbocycles. The van der Waals surface area contributed by atoms with E-state index in [0.717, 1.165) is 34.5 Å². The molecule has 1 rings (SSSR count). The Kier molecular flexibility index (Phi) is 7.90. The molecule has 0 saturated heterocycles. The summed E-state index contributed by atoms with van der Waals surface area (Å²) >= 11 is 8.75. The van der Waals surface area contributed by atoms with E-state index in [0.29, 0.717) is 6.04 Å². The first-order chi connectivity index (χ1) is 8.13. The van der Waals surface area contributed by atoms with E-state index in [9.17, 15) is 0 Å². The molecule has 0 aliphatic heterocycles. The molecule has 1 unspecified atom stereocenters. The zero-order chi connectivity index (χ0) is 12.7. The van der Waals surface area contributed by atoms with Crippen molar-refractivity contribution in [2.75, 3.05) is 26.8 Å². The Labute approximate surface area is 124 Å². The second-order valence-electron chi connectivity index (χ2n) is 3.81. The Morgan fingerprint density at radius 2 is 2.24 bits per heavy atom. The third-order valence-corrected chi connectivity index (χ3v) is 5.51. The van der Waals surface area contributed by atoms with Crippen molar-refractivity contribution in [3.8, 4) is 0 Å². The quantitative estimate of drug-likeness (QED) is 0.675. The highest BCUT2D eigenvalue weighted by molar-refractivity contribution is 9.13. The van der Waals surface area contributed by atoms with Crippen LogP contribution in [0.3, 0.4) is 0 Å². The van der Waals surface area contributed by atoms with E-state index >= 15 is 0 Å². The fourth-order valence-corrected chi connectivity index (χ4v) is 3.45. The Morgan fingerprint density at radius 1 is 1.47 bits per heavy atom. The molecule has 0 fully saturated rings. The smallest absolute Gasteiger partial charge is 0.0843 e. The second-order valence-corrected chi connectivity index (χ2v) is 7.12. The average Bonchev–Trinajstić information content (AvgIpc) is 2.62. The van der Waals surface area contributed by atoms with Crippen LogP contribution in [0, 0.1) is 0 Å². The molecular formula is C11H18Br2N2OS. The number of thiophene rings is 1. The van der Waals surface area contributed by atoms with Crippen LogP contribution in [-0.4, -0.2) is 32.8 Å². The first-order valence-electron chi connectivity index (χ1n) is 5.50. The van der Waals surface area contributed by atoms with Crippen LogP contribution >= 0.6 is 43.2 Å². The van der Waals surface area contributed by atoms with Gasteiger partial charge in [-0.15, -0.1) is 11.3 Å².